The van der Waals surface area contributed by atoms with Gasteiger partial charge in [-0.15, -0.1) is 0 Å². The number of halogens is 2. The van der Waals surface area contributed by atoms with E-state index in [1.807, 2.05) is 6.56 Å². The molecule has 0 N–H and O–H groups in total. The molecule has 146 valence electrons. The van der Waals surface area contributed by atoms with Crippen molar-refractivity contribution < 1.29 is 45.2 Å². The third-order valence-electron chi connectivity index (χ3n) is 5.37. The van der Waals surface area contributed by atoms with Crippen molar-refractivity contribution in [1.29, 1.82) is 0 Å². The molecule has 1 unspecified atom stereocenters. The molecule has 0 saturated carbocycles. The van der Waals surface area contributed by atoms with Crippen LogP contribution in [0.2, 0.25) is 13.1 Å². The molecular weight excluding hydrogens is 454 g/mol. The summed E-state index contributed by atoms with van der Waals surface area (Å²) < 4.78 is 3.80. The second kappa shape index (κ2) is 9.43. The summed E-state index contributed by atoms with van der Waals surface area (Å²) in [4.78, 5) is 0. The molecule has 2 aliphatic carbocycles. The van der Waals surface area contributed by atoms with Crippen molar-refractivity contribution in [2.45, 2.75) is 74.9 Å². The Morgan fingerprint density at radius 3 is 1.88 bits per heavy atom. The van der Waals surface area contributed by atoms with E-state index in [0.717, 1.165) is 0 Å². The van der Waals surface area contributed by atoms with Crippen molar-refractivity contribution in [2.24, 2.45) is 16.7 Å². The zero-order valence-electron chi connectivity index (χ0n) is 18.3. The zero-order chi connectivity index (χ0) is 18.4. The molecule has 0 heterocycles. The van der Waals surface area contributed by atoms with Gasteiger partial charge in [-0.05, 0) is 0 Å². The van der Waals surface area contributed by atoms with Crippen LogP contribution in [0.5, 0.6) is 0 Å². The fourth-order valence-corrected chi connectivity index (χ4v) is 22.7. The summed E-state index contributed by atoms with van der Waals surface area (Å²) in [5.74, 6) is 0.672. The molecule has 0 spiro atoms. The monoisotopic (exact) mass is 488 g/mol. The summed E-state index contributed by atoms with van der Waals surface area (Å²) in [6, 6.07) is 0. The molecule has 2 rings (SSSR count). The Balaban J connectivity index is 0.00000312. The van der Waals surface area contributed by atoms with Gasteiger partial charge >= 0.3 is 159 Å². The van der Waals surface area contributed by atoms with E-state index in [0.29, 0.717) is 16.7 Å². The summed E-state index contributed by atoms with van der Waals surface area (Å²) in [5.41, 5.74) is 5.20. The van der Waals surface area contributed by atoms with Crippen LogP contribution in [0.1, 0.15) is 61.8 Å². The van der Waals surface area contributed by atoms with Crippen LogP contribution in [0.15, 0.2) is 41.5 Å². The smallest absolute Gasteiger partial charge is 1.00 e. The van der Waals surface area contributed by atoms with E-state index in [-0.39, 0.29) is 30.2 Å². The van der Waals surface area contributed by atoms with E-state index < -0.39 is 20.4 Å². The Morgan fingerprint density at radius 2 is 1.50 bits per heavy atom. The van der Waals surface area contributed by atoms with Crippen molar-refractivity contribution >= 4 is 5.43 Å². The van der Waals surface area contributed by atoms with Crippen molar-refractivity contribution in [1.82, 2.24) is 0 Å². The molecule has 26 heavy (non-hydrogen) atoms. The second-order valence-corrected chi connectivity index (χ2v) is 27.1. The molecular formula is C22H36Cl2SiZr. The van der Waals surface area contributed by atoms with Crippen molar-refractivity contribution in [2.75, 3.05) is 0 Å². The molecule has 0 fully saturated rings. The first-order valence-corrected chi connectivity index (χ1v) is 18.0. The molecule has 1 atom stereocenters. The summed E-state index contributed by atoms with van der Waals surface area (Å²) in [7, 11) is 0. The van der Waals surface area contributed by atoms with Gasteiger partial charge in [0.25, 0.3) is 0 Å². The van der Waals surface area contributed by atoms with E-state index >= 15 is 0 Å². The van der Waals surface area contributed by atoms with Crippen LogP contribution in [0.3, 0.4) is 0 Å². The Hall–Kier alpha value is 0.640. The minimum Gasteiger partial charge on any atom is -1.00 e. The maximum atomic E-state index is 2.59. The Kier molecular flexibility index (Phi) is 9.66. The third-order valence-corrected chi connectivity index (χ3v) is 22.7. The second-order valence-electron chi connectivity index (χ2n) is 9.99. The minimum absolute atomic E-state index is 0. The Bertz CT molecular complexity index is 703. The minimum atomic E-state index is -1.75. The standard InChI is InChI=1S/2C10H15.C2H6Si.2ClH.Zr/c2*1-8-5-6-9(7-8)10(2,3)4;1-3-2;;;/h7H,6H2,1-4H3;5,7,9H,1-4H3;1-2H3;2*1H;/q;;;;;+2/p-2. The van der Waals surface area contributed by atoms with Crippen molar-refractivity contribution in [3.05, 3.63) is 41.5 Å². The van der Waals surface area contributed by atoms with Gasteiger partial charge in [-0.25, -0.2) is 0 Å². The molecule has 2 aliphatic rings. The average Bonchev–Trinajstić information content (AvgIpc) is 2.93. The molecule has 0 aromatic rings. The molecule has 4 heteroatoms. The normalized spacial score (nSPS) is 19.7. The molecule has 0 amide bonds. The summed E-state index contributed by atoms with van der Waals surface area (Å²) in [6.07, 6.45) is 8.96. The maximum Gasteiger partial charge on any atom is -1.00 e. The number of hydrogen-bond donors (Lipinski definition) is 0. The first-order chi connectivity index (χ1) is 10.8. The van der Waals surface area contributed by atoms with E-state index in [1.54, 1.807) is 11.1 Å². The predicted molar refractivity (Wildman–Crippen MR) is 107 cm³/mol. The third kappa shape index (κ3) is 5.82. The van der Waals surface area contributed by atoms with Crippen molar-refractivity contribution in [3.63, 3.8) is 0 Å². The molecule has 0 aromatic carbocycles. The Morgan fingerprint density at radius 1 is 0.962 bits per heavy atom. The average molecular weight is 491 g/mol. The van der Waals surface area contributed by atoms with E-state index in [2.05, 4.69) is 86.7 Å². The molecule has 0 aromatic heterocycles. The van der Waals surface area contributed by atoms with Crippen LogP contribution in [0, 0.1) is 16.7 Å². The number of allylic oxidation sites excluding steroid dienone is 8. The molecule has 0 nitrogen and oxygen atoms in total. The van der Waals surface area contributed by atoms with Gasteiger partial charge in [-0.1, -0.05) is 0 Å². The van der Waals surface area contributed by atoms with Gasteiger partial charge < -0.3 is 24.8 Å². The van der Waals surface area contributed by atoms with Gasteiger partial charge in [0.1, 0.15) is 0 Å². The number of hydrogen-bond acceptors (Lipinski definition) is 0. The van der Waals surface area contributed by atoms with Crippen LogP contribution in [0.4, 0.5) is 0 Å². The predicted octanol–water partition coefficient (Wildman–Crippen LogP) is 1.02. The van der Waals surface area contributed by atoms with Gasteiger partial charge in [0, 0.05) is 0 Å². The van der Waals surface area contributed by atoms with E-state index in [4.69, 9.17) is 0 Å². The summed E-state index contributed by atoms with van der Waals surface area (Å²) >= 11 is -1.75. The SMILES string of the molecule is CC1=CC(C(C)(C)C)[C]([Zr+2]([C]2=C(C)C=C(C(C)(C)C)C2)=[Si](C)C)=C1.[Cl-].[Cl-]. The molecule has 0 radical (unpaired) electrons. The van der Waals surface area contributed by atoms with Gasteiger partial charge in [0.05, 0.1) is 0 Å². The van der Waals surface area contributed by atoms with E-state index in [1.165, 1.54) is 12.0 Å². The van der Waals surface area contributed by atoms with Crippen LogP contribution in [-0.2, 0) is 20.4 Å². The molecule has 0 bridgehead atoms. The number of rotatable bonds is 2. The van der Waals surface area contributed by atoms with Crippen LogP contribution < -0.4 is 24.8 Å². The van der Waals surface area contributed by atoms with Crippen LogP contribution in [-0.4, -0.2) is 5.43 Å². The fraction of sp³-hybridized carbons (Fsp3) is 0.636. The van der Waals surface area contributed by atoms with Gasteiger partial charge in [-0.3, -0.25) is 0 Å². The molecule has 0 aliphatic heterocycles. The van der Waals surface area contributed by atoms with Crippen LogP contribution in [0.25, 0.3) is 0 Å². The van der Waals surface area contributed by atoms with Crippen molar-refractivity contribution in [3.8, 4) is 0 Å². The molecule has 0 saturated heterocycles. The fourth-order valence-electron chi connectivity index (χ4n) is 3.94. The zero-order valence-corrected chi connectivity index (χ0v) is 23.2. The first-order valence-electron chi connectivity index (χ1n) is 9.31. The first kappa shape index (κ1) is 26.6. The maximum absolute atomic E-state index is 2.59. The summed E-state index contributed by atoms with van der Waals surface area (Å²) in [6.45, 7) is 24.3. The Labute approximate surface area is 182 Å². The largest absolute Gasteiger partial charge is 1.00 e. The van der Waals surface area contributed by atoms with Crippen LogP contribution >= 0.6 is 0 Å². The quantitative estimate of drug-likeness (QED) is 0.507. The van der Waals surface area contributed by atoms with Gasteiger partial charge in [0.2, 0.25) is 0 Å². The topological polar surface area (TPSA) is 0 Å². The van der Waals surface area contributed by atoms with Gasteiger partial charge in [0.15, 0.2) is 0 Å². The van der Waals surface area contributed by atoms with E-state index in [9.17, 15) is 0 Å². The van der Waals surface area contributed by atoms with Gasteiger partial charge in [-0.2, -0.15) is 0 Å². The summed E-state index contributed by atoms with van der Waals surface area (Å²) in [5, 5.41) is 0.